The van der Waals surface area contributed by atoms with E-state index in [4.69, 9.17) is 0 Å². The van der Waals surface area contributed by atoms with E-state index in [2.05, 4.69) is 10.4 Å². The van der Waals surface area contributed by atoms with E-state index in [1.807, 2.05) is 6.92 Å². The summed E-state index contributed by atoms with van der Waals surface area (Å²) in [6.07, 6.45) is 3.08. The van der Waals surface area contributed by atoms with Crippen molar-refractivity contribution in [3.63, 3.8) is 0 Å². The van der Waals surface area contributed by atoms with Crippen LogP contribution in [-0.4, -0.2) is 20.8 Å². The van der Waals surface area contributed by atoms with Gasteiger partial charge in [-0.2, -0.15) is 5.10 Å². The van der Waals surface area contributed by atoms with Gasteiger partial charge in [-0.15, -0.1) is 0 Å². The van der Waals surface area contributed by atoms with Crippen LogP contribution in [0.15, 0.2) is 30.6 Å². The average molecular weight is 249 g/mol. The van der Waals surface area contributed by atoms with Gasteiger partial charge in [0, 0.05) is 12.7 Å². The van der Waals surface area contributed by atoms with Crippen LogP contribution in [0, 0.1) is 5.82 Å². The van der Waals surface area contributed by atoms with Gasteiger partial charge >= 0.3 is 0 Å². The van der Waals surface area contributed by atoms with Crippen LogP contribution in [0.25, 0.3) is 0 Å². The Morgan fingerprint density at radius 2 is 2.33 bits per heavy atom. The lowest BCUT2D eigenvalue weighted by Crippen LogP contribution is -2.13. The molecule has 1 amide bonds. The van der Waals surface area contributed by atoms with Crippen molar-refractivity contribution in [3.05, 3.63) is 42.0 Å². The van der Waals surface area contributed by atoms with E-state index >= 15 is 0 Å². The van der Waals surface area contributed by atoms with Crippen LogP contribution in [0.2, 0.25) is 0 Å². The number of hydrogen-bond donors (Lipinski definition) is 2. The van der Waals surface area contributed by atoms with Crippen LogP contribution in [0.4, 0.5) is 10.1 Å². The maximum Gasteiger partial charge on any atom is 0.262 e. The van der Waals surface area contributed by atoms with E-state index in [1.165, 1.54) is 18.3 Å². The van der Waals surface area contributed by atoms with Crippen LogP contribution >= 0.6 is 0 Å². The van der Waals surface area contributed by atoms with Crippen molar-refractivity contribution in [2.75, 3.05) is 5.32 Å². The molecule has 0 aliphatic carbocycles. The smallest absolute Gasteiger partial charge is 0.262 e. The number of benzene rings is 1. The van der Waals surface area contributed by atoms with E-state index in [1.54, 1.807) is 10.9 Å². The summed E-state index contributed by atoms with van der Waals surface area (Å²) < 4.78 is 15.1. The molecule has 0 aliphatic heterocycles. The van der Waals surface area contributed by atoms with Crippen LogP contribution in [0.3, 0.4) is 0 Å². The van der Waals surface area contributed by atoms with Crippen LogP contribution in [-0.2, 0) is 6.54 Å². The number of hydrogen-bond acceptors (Lipinski definition) is 3. The summed E-state index contributed by atoms with van der Waals surface area (Å²) in [6.45, 7) is 2.57. The number of amides is 1. The number of halogens is 1. The molecule has 18 heavy (non-hydrogen) atoms. The standard InChI is InChI=1S/C12H12FN3O2/c1-2-16-7-8(6-14-16)15-12(18)11-9(13)4-3-5-10(11)17/h3-7,17H,2H2,1H3,(H,15,18). The maximum absolute atomic E-state index is 13.4. The zero-order valence-electron chi connectivity index (χ0n) is 9.72. The largest absolute Gasteiger partial charge is 0.507 e. The van der Waals surface area contributed by atoms with Crippen molar-refractivity contribution < 1.29 is 14.3 Å². The molecule has 2 rings (SSSR count). The molecule has 0 bridgehead atoms. The van der Waals surface area contributed by atoms with Gasteiger partial charge in [-0.25, -0.2) is 4.39 Å². The van der Waals surface area contributed by atoms with Crippen LogP contribution < -0.4 is 5.32 Å². The molecular weight excluding hydrogens is 237 g/mol. The number of nitrogens with one attached hydrogen (secondary N) is 1. The maximum atomic E-state index is 13.4. The van der Waals surface area contributed by atoms with Gasteiger partial charge in [0.25, 0.3) is 5.91 Å². The molecule has 0 spiro atoms. The SMILES string of the molecule is CCn1cc(NC(=O)c2c(O)cccc2F)cn1. The second kappa shape index (κ2) is 4.87. The Bertz CT molecular complexity index is 560. The number of carbonyl (C=O) groups excluding carboxylic acids is 1. The number of aryl methyl sites for hydroxylation is 1. The molecular formula is C12H12FN3O2. The molecule has 2 aromatic rings. The Balaban J connectivity index is 2.22. The summed E-state index contributed by atoms with van der Waals surface area (Å²) in [4.78, 5) is 11.8. The second-order valence-electron chi connectivity index (χ2n) is 3.67. The van der Waals surface area contributed by atoms with Gasteiger partial charge in [0.15, 0.2) is 0 Å². The molecule has 2 N–H and O–H groups in total. The number of phenols is 1. The average Bonchev–Trinajstić information content (AvgIpc) is 2.76. The Kier molecular flexibility index (Phi) is 3.27. The summed E-state index contributed by atoms with van der Waals surface area (Å²) >= 11 is 0. The highest BCUT2D eigenvalue weighted by Crippen LogP contribution is 2.21. The van der Waals surface area contributed by atoms with Crippen LogP contribution in [0.5, 0.6) is 5.75 Å². The zero-order chi connectivity index (χ0) is 13.1. The van der Waals surface area contributed by atoms with Crippen molar-refractivity contribution in [2.45, 2.75) is 13.5 Å². The molecule has 1 aromatic carbocycles. The lowest BCUT2D eigenvalue weighted by Gasteiger charge is -2.05. The number of anilines is 1. The second-order valence-corrected chi connectivity index (χ2v) is 3.67. The molecule has 0 saturated heterocycles. The minimum Gasteiger partial charge on any atom is -0.507 e. The van der Waals surface area contributed by atoms with Gasteiger partial charge < -0.3 is 10.4 Å². The first-order chi connectivity index (χ1) is 8.61. The van der Waals surface area contributed by atoms with E-state index in [-0.39, 0.29) is 5.56 Å². The fraction of sp³-hybridized carbons (Fsp3) is 0.167. The lowest BCUT2D eigenvalue weighted by molar-refractivity contribution is 0.102. The normalized spacial score (nSPS) is 10.3. The predicted molar refractivity (Wildman–Crippen MR) is 63.9 cm³/mol. The van der Waals surface area contributed by atoms with Gasteiger partial charge in [0.2, 0.25) is 0 Å². The van der Waals surface area contributed by atoms with Gasteiger partial charge in [0.1, 0.15) is 17.1 Å². The number of aromatic hydroxyl groups is 1. The summed E-state index contributed by atoms with van der Waals surface area (Å²) in [5.74, 6) is -1.87. The Labute approximate surface area is 103 Å². The van der Waals surface area contributed by atoms with Crippen molar-refractivity contribution in [1.29, 1.82) is 0 Å². The Hall–Kier alpha value is -2.37. The minimum absolute atomic E-state index is 0.373. The van der Waals surface area contributed by atoms with E-state index in [0.29, 0.717) is 12.2 Å². The van der Waals surface area contributed by atoms with Crippen molar-refractivity contribution in [2.24, 2.45) is 0 Å². The first kappa shape index (κ1) is 12.1. The van der Waals surface area contributed by atoms with Gasteiger partial charge in [-0.1, -0.05) is 6.07 Å². The third-order valence-electron chi connectivity index (χ3n) is 2.43. The molecule has 0 radical (unpaired) electrons. The highest BCUT2D eigenvalue weighted by Gasteiger charge is 2.16. The Morgan fingerprint density at radius 3 is 2.94 bits per heavy atom. The fourth-order valence-corrected chi connectivity index (χ4v) is 1.53. The van der Waals surface area contributed by atoms with Gasteiger partial charge in [-0.3, -0.25) is 9.48 Å². The molecule has 0 saturated carbocycles. The molecule has 0 unspecified atom stereocenters. The molecule has 0 fully saturated rings. The van der Waals surface area contributed by atoms with Crippen molar-refractivity contribution in [3.8, 4) is 5.75 Å². The Morgan fingerprint density at radius 1 is 1.56 bits per heavy atom. The summed E-state index contributed by atoms with van der Waals surface area (Å²) in [5, 5.41) is 15.9. The first-order valence-electron chi connectivity index (χ1n) is 5.43. The third-order valence-corrected chi connectivity index (χ3v) is 2.43. The fourth-order valence-electron chi connectivity index (χ4n) is 1.53. The summed E-state index contributed by atoms with van der Waals surface area (Å²) in [5.41, 5.74) is 0.0752. The summed E-state index contributed by atoms with van der Waals surface area (Å²) in [6, 6.07) is 3.70. The van der Waals surface area contributed by atoms with Gasteiger partial charge in [0.05, 0.1) is 11.9 Å². The quantitative estimate of drug-likeness (QED) is 0.874. The van der Waals surface area contributed by atoms with E-state index < -0.39 is 17.5 Å². The molecule has 6 heteroatoms. The molecule has 5 nitrogen and oxygen atoms in total. The lowest BCUT2D eigenvalue weighted by atomic mass is 10.1. The monoisotopic (exact) mass is 249 g/mol. The highest BCUT2D eigenvalue weighted by atomic mass is 19.1. The highest BCUT2D eigenvalue weighted by molar-refractivity contribution is 6.06. The molecule has 0 aliphatic rings. The van der Waals surface area contributed by atoms with Crippen molar-refractivity contribution >= 4 is 11.6 Å². The van der Waals surface area contributed by atoms with E-state index in [9.17, 15) is 14.3 Å². The molecule has 94 valence electrons. The molecule has 1 aromatic heterocycles. The molecule has 1 heterocycles. The zero-order valence-corrected chi connectivity index (χ0v) is 9.72. The minimum atomic E-state index is -0.768. The van der Waals surface area contributed by atoms with Gasteiger partial charge in [-0.05, 0) is 19.1 Å². The van der Waals surface area contributed by atoms with Crippen LogP contribution in [0.1, 0.15) is 17.3 Å². The van der Waals surface area contributed by atoms with E-state index in [0.717, 1.165) is 6.07 Å². The number of rotatable bonds is 3. The number of carbonyl (C=O) groups is 1. The number of nitrogens with zero attached hydrogens (tertiary/aromatic N) is 2. The molecule has 0 atom stereocenters. The summed E-state index contributed by atoms with van der Waals surface area (Å²) in [7, 11) is 0. The number of phenolic OH excluding ortho intramolecular Hbond substituents is 1. The van der Waals surface area contributed by atoms with Crippen molar-refractivity contribution in [1.82, 2.24) is 9.78 Å². The first-order valence-corrected chi connectivity index (χ1v) is 5.43. The predicted octanol–water partition coefficient (Wildman–Crippen LogP) is 2.00. The number of aromatic nitrogens is 2. The topological polar surface area (TPSA) is 67.2 Å². The third kappa shape index (κ3) is 2.32.